The summed E-state index contributed by atoms with van der Waals surface area (Å²) in [5, 5.41) is 9.17. The Morgan fingerprint density at radius 2 is 1.93 bits per heavy atom. The van der Waals surface area contributed by atoms with Crippen molar-refractivity contribution >= 4 is 22.6 Å². The highest BCUT2D eigenvalue weighted by atomic mass is 19.1. The van der Waals surface area contributed by atoms with Crippen LogP contribution in [0.4, 0.5) is 14.9 Å². The van der Waals surface area contributed by atoms with E-state index in [-0.39, 0.29) is 11.8 Å². The second-order valence-corrected chi connectivity index (χ2v) is 7.21. The zero-order valence-electron chi connectivity index (χ0n) is 16.5. The number of fused-ring (bicyclic) bond motifs is 1. The molecule has 152 valence electrons. The normalized spacial score (nSPS) is 14.3. The van der Waals surface area contributed by atoms with E-state index in [1.807, 2.05) is 31.2 Å². The molecule has 0 bridgehead atoms. The molecule has 2 aromatic heterocycles. The van der Waals surface area contributed by atoms with Crippen LogP contribution in [0.3, 0.4) is 0 Å². The van der Waals surface area contributed by atoms with Gasteiger partial charge in [0.05, 0.1) is 29.6 Å². The summed E-state index contributed by atoms with van der Waals surface area (Å²) in [6.07, 6.45) is 2.47. The minimum Gasteiger partial charge on any atom is -0.359 e. The van der Waals surface area contributed by atoms with Gasteiger partial charge in [-0.3, -0.25) is 4.90 Å². The summed E-state index contributed by atoms with van der Waals surface area (Å²) in [4.78, 5) is 16.5. The standard InChI is InChI=1S/C22H20FN5O2/c1-2-15-12-16(30-25-15)14-26-10-11-27(22(26)29)19-8-5-9-20-17(19)13-24-28(20)21-7-4-3-6-18(21)23/h3-9,12-13H,2,10-11,14H2,1H3. The van der Waals surface area contributed by atoms with Crippen molar-refractivity contribution < 1.29 is 13.7 Å². The Morgan fingerprint density at radius 1 is 1.10 bits per heavy atom. The molecule has 1 fully saturated rings. The number of rotatable bonds is 5. The van der Waals surface area contributed by atoms with Gasteiger partial charge in [-0.15, -0.1) is 0 Å². The average molecular weight is 405 g/mol. The van der Waals surface area contributed by atoms with E-state index in [0.717, 1.165) is 28.7 Å². The van der Waals surface area contributed by atoms with Crippen LogP contribution in [-0.2, 0) is 13.0 Å². The zero-order chi connectivity index (χ0) is 20.7. The number of urea groups is 1. The summed E-state index contributed by atoms with van der Waals surface area (Å²) in [6, 6.07) is 13.9. The summed E-state index contributed by atoms with van der Waals surface area (Å²) in [6.45, 7) is 3.52. The number of halogens is 1. The van der Waals surface area contributed by atoms with Crippen LogP contribution in [-0.4, -0.2) is 39.0 Å². The second kappa shape index (κ2) is 7.29. The van der Waals surface area contributed by atoms with E-state index < -0.39 is 0 Å². The van der Waals surface area contributed by atoms with Crippen molar-refractivity contribution in [2.75, 3.05) is 18.0 Å². The smallest absolute Gasteiger partial charge is 0.325 e. The predicted molar refractivity (Wildman–Crippen MR) is 110 cm³/mol. The number of benzene rings is 2. The lowest BCUT2D eigenvalue weighted by Gasteiger charge is -2.18. The van der Waals surface area contributed by atoms with Crippen molar-refractivity contribution in [1.29, 1.82) is 0 Å². The van der Waals surface area contributed by atoms with Gasteiger partial charge < -0.3 is 9.42 Å². The summed E-state index contributed by atoms with van der Waals surface area (Å²) in [5.74, 6) is 0.322. The van der Waals surface area contributed by atoms with Gasteiger partial charge in [0.25, 0.3) is 0 Å². The van der Waals surface area contributed by atoms with Gasteiger partial charge >= 0.3 is 6.03 Å². The number of hydrogen-bond donors (Lipinski definition) is 0. The van der Waals surface area contributed by atoms with E-state index in [4.69, 9.17) is 4.52 Å². The van der Waals surface area contributed by atoms with Gasteiger partial charge in [0.2, 0.25) is 0 Å². The maximum Gasteiger partial charge on any atom is 0.325 e. The monoisotopic (exact) mass is 405 g/mol. The number of hydrogen-bond acceptors (Lipinski definition) is 4. The summed E-state index contributed by atoms with van der Waals surface area (Å²) < 4.78 is 21.2. The molecule has 1 aliphatic heterocycles. The molecule has 0 unspecified atom stereocenters. The van der Waals surface area contributed by atoms with Crippen LogP contribution in [0.1, 0.15) is 18.4 Å². The van der Waals surface area contributed by atoms with Crippen LogP contribution < -0.4 is 4.90 Å². The fraction of sp³-hybridized carbons (Fsp3) is 0.227. The third-order valence-corrected chi connectivity index (χ3v) is 5.37. The van der Waals surface area contributed by atoms with Crippen LogP contribution in [0.2, 0.25) is 0 Å². The molecule has 7 nitrogen and oxygen atoms in total. The van der Waals surface area contributed by atoms with Crippen molar-refractivity contribution in [3.63, 3.8) is 0 Å². The van der Waals surface area contributed by atoms with Crippen LogP contribution in [0.15, 0.2) is 59.3 Å². The quantitative estimate of drug-likeness (QED) is 0.500. The highest BCUT2D eigenvalue weighted by Crippen LogP contribution is 2.31. The Bertz CT molecular complexity index is 1230. The molecular formula is C22H20FN5O2. The Hall–Kier alpha value is -3.68. The van der Waals surface area contributed by atoms with Gasteiger partial charge in [-0.05, 0) is 30.7 Å². The first kappa shape index (κ1) is 18.4. The van der Waals surface area contributed by atoms with Gasteiger partial charge in [0.1, 0.15) is 11.5 Å². The van der Waals surface area contributed by atoms with E-state index in [2.05, 4.69) is 10.3 Å². The molecule has 3 heterocycles. The molecule has 8 heteroatoms. The largest absolute Gasteiger partial charge is 0.359 e. The summed E-state index contributed by atoms with van der Waals surface area (Å²) >= 11 is 0. The maximum atomic E-state index is 14.3. The van der Waals surface area contributed by atoms with Gasteiger partial charge in [-0.25, -0.2) is 13.9 Å². The Balaban J connectivity index is 1.45. The summed E-state index contributed by atoms with van der Waals surface area (Å²) in [7, 11) is 0. The third-order valence-electron chi connectivity index (χ3n) is 5.37. The molecule has 4 aromatic rings. The van der Waals surface area contributed by atoms with Crippen LogP contribution in [0, 0.1) is 5.82 Å². The Kier molecular flexibility index (Phi) is 4.46. The molecule has 1 saturated heterocycles. The molecule has 2 aromatic carbocycles. The molecule has 0 atom stereocenters. The van der Waals surface area contributed by atoms with E-state index in [1.54, 1.807) is 38.9 Å². The number of carbonyl (C=O) groups excluding carboxylic acids is 1. The average Bonchev–Trinajstić information content (AvgIpc) is 3.48. The number of aryl methyl sites for hydroxylation is 1. The third kappa shape index (κ3) is 3.01. The van der Waals surface area contributed by atoms with E-state index in [1.165, 1.54) is 6.07 Å². The molecule has 30 heavy (non-hydrogen) atoms. The van der Waals surface area contributed by atoms with Crippen molar-refractivity contribution in [2.45, 2.75) is 19.9 Å². The molecule has 0 radical (unpaired) electrons. The van der Waals surface area contributed by atoms with Gasteiger partial charge in [-0.2, -0.15) is 5.10 Å². The van der Waals surface area contributed by atoms with Crippen LogP contribution >= 0.6 is 0 Å². The van der Waals surface area contributed by atoms with E-state index >= 15 is 0 Å². The second-order valence-electron chi connectivity index (χ2n) is 7.21. The van der Waals surface area contributed by atoms with Crippen molar-refractivity contribution in [2.24, 2.45) is 0 Å². The molecule has 2 amide bonds. The first-order valence-electron chi connectivity index (χ1n) is 9.88. The number of amides is 2. The lowest BCUT2D eigenvalue weighted by Crippen LogP contribution is -2.31. The van der Waals surface area contributed by atoms with Crippen molar-refractivity contribution in [1.82, 2.24) is 19.8 Å². The van der Waals surface area contributed by atoms with Crippen molar-refractivity contribution in [3.8, 4) is 5.69 Å². The molecular weight excluding hydrogens is 385 g/mol. The predicted octanol–water partition coefficient (Wildman–Crippen LogP) is 4.16. The van der Waals surface area contributed by atoms with E-state index in [0.29, 0.717) is 31.1 Å². The highest BCUT2D eigenvalue weighted by molar-refractivity contribution is 6.03. The number of aromatic nitrogens is 3. The van der Waals surface area contributed by atoms with Gasteiger partial charge in [-0.1, -0.05) is 30.3 Å². The van der Waals surface area contributed by atoms with E-state index in [9.17, 15) is 9.18 Å². The molecule has 1 aliphatic rings. The minimum atomic E-state index is -0.352. The Labute approximate surface area is 172 Å². The molecule has 0 saturated carbocycles. The highest BCUT2D eigenvalue weighted by Gasteiger charge is 2.31. The minimum absolute atomic E-state index is 0.101. The SMILES string of the molecule is CCc1cc(CN2CCN(c3cccc4c3cnn4-c3ccccc3F)C2=O)on1. The first-order valence-corrected chi connectivity index (χ1v) is 9.88. The maximum absolute atomic E-state index is 14.3. The number of anilines is 1. The zero-order valence-corrected chi connectivity index (χ0v) is 16.5. The number of nitrogens with zero attached hydrogens (tertiary/aromatic N) is 5. The first-order chi connectivity index (χ1) is 14.7. The van der Waals surface area contributed by atoms with Crippen LogP contribution in [0.5, 0.6) is 0 Å². The van der Waals surface area contributed by atoms with Crippen LogP contribution in [0.25, 0.3) is 16.6 Å². The van der Waals surface area contributed by atoms with Crippen molar-refractivity contribution in [3.05, 3.63) is 72.0 Å². The lowest BCUT2D eigenvalue weighted by atomic mass is 10.2. The molecule has 0 N–H and O–H groups in total. The fourth-order valence-corrected chi connectivity index (χ4v) is 3.82. The van der Waals surface area contributed by atoms with Gasteiger partial charge in [0.15, 0.2) is 5.76 Å². The lowest BCUT2D eigenvalue weighted by molar-refractivity contribution is 0.212. The number of para-hydroxylation sites is 1. The van der Waals surface area contributed by atoms with Gasteiger partial charge in [0, 0.05) is 24.5 Å². The topological polar surface area (TPSA) is 67.4 Å². The number of carbonyl (C=O) groups is 1. The Morgan fingerprint density at radius 3 is 2.73 bits per heavy atom. The molecule has 5 rings (SSSR count). The summed E-state index contributed by atoms with van der Waals surface area (Å²) in [5.41, 5.74) is 2.75. The fourth-order valence-electron chi connectivity index (χ4n) is 3.82. The molecule has 0 aliphatic carbocycles. The molecule has 0 spiro atoms.